The number of carbonyl (C=O) groups is 1. The van der Waals surface area contributed by atoms with Gasteiger partial charge in [-0.25, -0.2) is 0 Å². The van der Waals surface area contributed by atoms with Crippen molar-refractivity contribution < 1.29 is 9.53 Å². The first kappa shape index (κ1) is 14.7. The molecule has 0 aliphatic heterocycles. The Hall–Kier alpha value is -1.35. The van der Waals surface area contributed by atoms with E-state index in [2.05, 4.69) is 26.0 Å². The van der Waals surface area contributed by atoms with Gasteiger partial charge in [0.2, 0.25) is 0 Å². The fourth-order valence-electron chi connectivity index (χ4n) is 2.08. The third-order valence-electron chi connectivity index (χ3n) is 2.86. The molecule has 0 aliphatic carbocycles. The van der Waals surface area contributed by atoms with E-state index in [4.69, 9.17) is 4.74 Å². The number of carbonyl (C=O) groups excluding carboxylic acids is 1. The molecule has 0 aromatic heterocycles. The fourth-order valence-corrected chi connectivity index (χ4v) is 2.08. The van der Waals surface area contributed by atoms with Crippen LogP contribution in [0.2, 0.25) is 0 Å². The lowest BCUT2D eigenvalue weighted by Gasteiger charge is -2.18. The molecule has 0 unspecified atom stereocenters. The summed E-state index contributed by atoms with van der Waals surface area (Å²) >= 11 is 0. The molecule has 1 rings (SSSR count). The zero-order valence-electron chi connectivity index (χ0n) is 12.0. The smallest absolute Gasteiger partial charge is 0.143 e. The highest BCUT2D eigenvalue weighted by molar-refractivity contribution is 5.77. The first-order valence-electron chi connectivity index (χ1n) is 6.28. The van der Waals surface area contributed by atoms with Gasteiger partial charge in [0.05, 0.1) is 13.7 Å². The van der Waals surface area contributed by atoms with Gasteiger partial charge >= 0.3 is 0 Å². The number of Topliss-reactive ketones (excluding diaryl/α,β-unsaturated/α-hetero) is 1. The van der Waals surface area contributed by atoms with Crippen LogP contribution < -0.4 is 4.74 Å². The Kier molecular flexibility index (Phi) is 5.35. The summed E-state index contributed by atoms with van der Waals surface area (Å²) in [4.78, 5) is 13.1. The van der Waals surface area contributed by atoms with E-state index in [1.807, 2.05) is 18.0 Å². The summed E-state index contributed by atoms with van der Waals surface area (Å²) in [5.41, 5.74) is 2.43. The minimum atomic E-state index is 0.190. The molecule has 1 aromatic rings. The van der Waals surface area contributed by atoms with E-state index in [-0.39, 0.29) is 5.78 Å². The summed E-state index contributed by atoms with van der Waals surface area (Å²) in [5, 5.41) is 0. The van der Waals surface area contributed by atoms with Gasteiger partial charge in [0, 0.05) is 6.54 Å². The van der Waals surface area contributed by atoms with E-state index in [0.29, 0.717) is 12.5 Å². The van der Waals surface area contributed by atoms with Gasteiger partial charge < -0.3 is 4.74 Å². The highest BCUT2D eigenvalue weighted by Gasteiger charge is 2.10. The minimum Gasteiger partial charge on any atom is -0.496 e. The molecule has 0 saturated heterocycles. The van der Waals surface area contributed by atoms with Crippen LogP contribution in [0.3, 0.4) is 0 Å². The topological polar surface area (TPSA) is 29.5 Å². The Morgan fingerprint density at radius 1 is 1.39 bits per heavy atom. The van der Waals surface area contributed by atoms with E-state index < -0.39 is 0 Å². The fraction of sp³-hybridized carbons (Fsp3) is 0.533. The summed E-state index contributed by atoms with van der Waals surface area (Å²) in [6.45, 7) is 7.19. The van der Waals surface area contributed by atoms with Gasteiger partial charge in [-0.2, -0.15) is 0 Å². The van der Waals surface area contributed by atoms with Crippen molar-refractivity contribution in [2.45, 2.75) is 33.2 Å². The molecule has 100 valence electrons. The molecule has 0 aliphatic rings. The molecule has 0 spiro atoms. The maximum atomic E-state index is 11.1. The van der Waals surface area contributed by atoms with Crippen molar-refractivity contribution in [3.8, 4) is 5.75 Å². The zero-order chi connectivity index (χ0) is 13.7. The molecule has 0 heterocycles. The van der Waals surface area contributed by atoms with Crippen molar-refractivity contribution in [1.29, 1.82) is 0 Å². The molecule has 0 N–H and O–H groups in total. The van der Waals surface area contributed by atoms with Crippen LogP contribution in [0.4, 0.5) is 0 Å². The minimum absolute atomic E-state index is 0.190. The van der Waals surface area contributed by atoms with E-state index in [1.54, 1.807) is 14.0 Å². The highest BCUT2D eigenvalue weighted by atomic mass is 16.5. The largest absolute Gasteiger partial charge is 0.496 e. The third-order valence-corrected chi connectivity index (χ3v) is 2.86. The van der Waals surface area contributed by atoms with Gasteiger partial charge in [0.15, 0.2) is 0 Å². The van der Waals surface area contributed by atoms with Gasteiger partial charge in [-0.15, -0.1) is 0 Å². The van der Waals surface area contributed by atoms with Crippen molar-refractivity contribution in [1.82, 2.24) is 4.90 Å². The van der Waals surface area contributed by atoms with Crippen LogP contribution in [0.25, 0.3) is 0 Å². The van der Waals surface area contributed by atoms with Gasteiger partial charge in [0.25, 0.3) is 0 Å². The molecule has 3 nitrogen and oxygen atoms in total. The molecule has 0 bridgehead atoms. The quantitative estimate of drug-likeness (QED) is 0.776. The van der Waals surface area contributed by atoms with Crippen molar-refractivity contribution in [2.24, 2.45) is 0 Å². The van der Waals surface area contributed by atoms with Crippen molar-refractivity contribution in [2.75, 3.05) is 20.7 Å². The molecular formula is C15H23NO2. The van der Waals surface area contributed by atoms with Gasteiger partial charge in [0.1, 0.15) is 11.5 Å². The van der Waals surface area contributed by atoms with E-state index in [9.17, 15) is 4.79 Å². The molecule has 0 fully saturated rings. The van der Waals surface area contributed by atoms with Crippen LogP contribution in [0.5, 0.6) is 5.75 Å². The Bertz CT molecular complexity index is 413. The molecule has 1 aromatic carbocycles. The summed E-state index contributed by atoms with van der Waals surface area (Å²) in [7, 11) is 3.66. The average Bonchev–Trinajstić information content (AvgIpc) is 2.27. The molecule has 0 saturated carbocycles. The summed E-state index contributed by atoms with van der Waals surface area (Å²) in [6, 6.07) is 6.23. The molecular weight excluding hydrogens is 226 g/mol. The normalized spacial score (nSPS) is 11.1. The molecule has 3 heteroatoms. The van der Waals surface area contributed by atoms with Crippen molar-refractivity contribution >= 4 is 5.78 Å². The second-order valence-electron chi connectivity index (χ2n) is 5.11. The average molecular weight is 249 g/mol. The molecule has 0 radical (unpaired) electrons. The lowest BCUT2D eigenvalue weighted by Crippen LogP contribution is -2.23. The second kappa shape index (κ2) is 6.55. The number of hydrogen-bond acceptors (Lipinski definition) is 3. The van der Waals surface area contributed by atoms with Crippen LogP contribution >= 0.6 is 0 Å². The van der Waals surface area contributed by atoms with Crippen LogP contribution in [0.15, 0.2) is 18.2 Å². The predicted octanol–water partition coefficient (Wildman–Crippen LogP) is 2.84. The number of hydrogen-bond donors (Lipinski definition) is 0. The van der Waals surface area contributed by atoms with Gasteiger partial charge in [-0.3, -0.25) is 9.69 Å². The third kappa shape index (κ3) is 4.15. The first-order chi connectivity index (χ1) is 8.43. The number of nitrogens with zero attached hydrogens (tertiary/aromatic N) is 1. The van der Waals surface area contributed by atoms with Gasteiger partial charge in [-0.1, -0.05) is 26.0 Å². The standard InChI is InChI=1S/C15H23NO2/c1-11(2)14-8-13(6-7-15(14)18-5)10-16(4)9-12(3)17/h6-8,11H,9-10H2,1-5H3. The zero-order valence-corrected chi connectivity index (χ0v) is 12.0. The van der Waals surface area contributed by atoms with E-state index >= 15 is 0 Å². The van der Waals surface area contributed by atoms with Crippen molar-refractivity contribution in [3.05, 3.63) is 29.3 Å². The number of methoxy groups -OCH3 is 1. The number of ether oxygens (including phenoxy) is 1. The van der Waals surface area contributed by atoms with Crippen LogP contribution in [-0.4, -0.2) is 31.4 Å². The van der Waals surface area contributed by atoms with Crippen LogP contribution in [0.1, 0.15) is 37.8 Å². The summed E-state index contributed by atoms with van der Waals surface area (Å²) in [6.07, 6.45) is 0. The van der Waals surface area contributed by atoms with Crippen LogP contribution in [-0.2, 0) is 11.3 Å². The Labute approximate surface area is 110 Å². The van der Waals surface area contributed by atoms with Crippen molar-refractivity contribution in [3.63, 3.8) is 0 Å². The van der Waals surface area contributed by atoms with Gasteiger partial charge in [-0.05, 0) is 37.1 Å². The molecule has 0 amide bonds. The lowest BCUT2D eigenvalue weighted by molar-refractivity contribution is -0.117. The molecule has 18 heavy (non-hydrogen) atoms. The van der Waals surface area contributed by atoms with Crippen LogP contribution in [0, 0.1) is 0 Å². The summed E-state index contributed by atoms with van der Waals surface area (Å²) < 4.78 is 5.36. The monoisotopic (exact) mass is 249 g/mol. The number of ketones is 1. The lowest BCUT2D eigenvalue weighted by atomic mass is 9.99. The maximum Gasteiger partial charge on any atom is 0.143 e. The Morgan fingerprint density at radius 2 is 2.06 bits per heavy atom. The number of rotatable bonds is 6. The summed E-state index contributed by atoms with van der Waals surface area (Å²) in [5.74, 6) is 1.55. The Balaban J connectivity index is 2.84. The maximum absolute atomic E-state index is 11.1. The Morgan fingerprint density at radius 3 is 2.56 bits per heavy atom. The SMILES string of the molecule is COc1ccc(CN(C)CC(C)=O)cc1C(C)C. The van der Waals surface area contributed by atoms with E-state index in [1.165, 1.54) is 11.1 Å². The van der Waals surface area contributed by atoms with E-state index in [0.717, 1.165) is 12.3 Å². The molecule has 0 atom stereocenters. The number of likely N-dealkylation sites (N-methyl/N-ethyl adjacent to an activating group) is 1. The predicted molar refractivity (Wildman–Crippen MR) is 74.1 cm³/mol. The highest BCUT2D eigenvalue weighted by Crippen LogP contribution is 2.27. The number of benzene rings is 1. The second-order valence-corrected chi connectivity index (χ2v) is 5.11. The first-order valence-corrected chi connectivity index (χ1v) is 6.28.